The highest BCUT2D eigenvalue weighted by molar-refractivity contribution is 5.91. The molecule has 1 saturated heterocycles. The van der Waals surface area contributed by atoms with Crippen molar-refractivity contribution in [3.63, 3.8) is 0 Å². The minimum Gasteiger partial charge on any atom is -0.371 e. The molecule has 2 N–H and O–H groups in total. The Kier molecular flexibility index (Phi) is 5.98. The van der Waals surface area contributed by atoms with Crippen molar-refractivity contribution in [1.82, 2.24) is 20.1 Å². The number of carbonyl (C=O) groups excluding carboxylic acids is 1. The molecular formula is C20H30N6O. The van der Waals surface area contributed by atoms with E-state index in [0.717, 1.165) is 36.6 Å². The highest BCUT2D eigenvalue weighted by Crippen LogP contribution is 2.29. The fourth-order valence-electron chi connectivity index (χ4n) is 3.70. The summed E-state index contributed by atoms with van der Waals surface area (Å²) in [7, 11) is 1.85. The summed E-state index contributed by atoms with van der Waals surface area (Å²) in [5.74, 6) is 1.19. The quantitative estimate of drug-likeness (QED) is 0.814. The van der Waals surface area contributed by atoms with E-state index in [4.69, 9.17) is 0 Å². The van der Waals surface area contributed by atoms with Crippen LogP contribution in [0.15, 0.2) is 24.5 Å². The number of carbonyl (C=O) groups is 1. The third kappa shape index (κ3) is 4.59. The third-order valence-electron chi connectivity index (χ3n) is 5.07. The van der Waals surface area contributed by atoms with Crippen molar-refractivity contribution in [3.05, 3.63) is 35.9 Å². The molecular weight excluding hydrogens is 340 g/mol. The molecule has 0 spiro atoms. The van der Waals surface area contributed by atoms with Gasteiger partial charge in [0.25, 0.3) is 0 Å². The van der Waals surface area contributed by atoms with Gasteiger partial charge >= 0.3 is 6.03 Å². The molecule has 146 valence electrons. The number of anilines is 2. The van der Waals surface area contributed by atoms with Crippen LogP contribution in [-0.2, 0) is 7.05 Å². The number of nitrogens with zero attached hydrogens (tertiary/aromatic N) is 4. The molecule has 1 aliphatic heterocycles. The SMILES string of the molecule is Cc1c(NC(=O)NC(CC(C)C)c2ncnn2C)cccc1N1CCCC1. The molecule has 1 aliphatic rings. The van der Waals surface area contributed by atoms with Crippen LogP contribution in [0.4, 0.5) is 16.2 Å². The summed E-state index contributed by atoms with van der Waals surface area (Å²) < 4.78 is 1.71. The van der Waals surface area contributed by atoms with Crippen LogP contribution < -0.4 is 15.5 Å². The highest BCUT2D eigenvalue weighted by atomic mass is 16.2. The summed E-state index contributed by atoms with van der Waals surface area (Å²) in [6, 6.07) is 5.69. The molecule has 27 heavy (non-hydrogen) atoms. The highest BCUT2D eigenvalue weighted by Gasteiger charge is 2.21. The molecule has 0 bridgehead atoms. The number of amides is 2. The van der Waals surface area contributed by atoms with Gasteiger partial charge in [-0.3, -0.25) is 4.68 Å². The van der Waals surface area contributed by atoms with Crippen LogP contribution in [0.3, 0.4) is 0 Å². The van der Waals surface area contributed by atoms with E-state index in [1.807, 2.05) is 19.2 Å². The van der Waals surface area contributed by atoms with E-state index < -0.39 is 0 Å². The Balaban J connectivity index is 1.72. The van der Waals surface area contributed by atoms with Crippen LogP contribution in [-0.4, -0.2) is 33.9 Å². The van der Waals surface area contributed by atoms with Crippen molar-refractivity contribution in [3.8, 4) is 0 Å². The topological polar surface area (TPSA) is 75.1 Å². The predicted molar refractivity (Wildman–Crippen MR) is 108 cm³/mol. The molecule has 1 aromatic heterocycles. The third-order valence-corrected chi connectivity index (χ3v) is 5.07. The minimum absolute atomic E-state index is 0.181. The lowest BCUT2D eigenvalue weighted by Gasteiger charge is -2.23. The molecule has 7 nitrogen and oxygen atoms in total. The maximum absolute atomic E-state index is 12.7. The molecule has 0 radical (unpaired) electrons. The minimum atomic E-state index is -0.217. The standard InChI is InChI=1S/C20H30N6O/c1-14(2)12-17(19-21-13-22-25(19)4)24-20(27)23-16-8-7-9-18(15(16)3)26-10-5-6-11-26/h7-9,13-14,17H,5-6,10-12H2,1-4H3,(H2,23,24,27). The Bertz CT molecular complexity index is 779. The molecule has 2 heterocycles. The Labute approximate surface area is 161 Å². The summed E-state index contributed by atoms with van der Waals surface area (Å²) in [6.45, 7) is 8.50. The Morgan fingerprint density at radius 1 is 1.26 bits per heavy atom. The van der Waals surface area contributed by atoms with Crippen LogP contribution in [0.1, 0.15) is 50.5 Å². The zero-order valence-electron chi connectivity index (χ0n) is 16.7. The van der Waals surface area contributed by atoms with Gasteiger partial charge in [0.05, 0.1) is 6.04 Å². The van der Waals surface area contributed by atoms with Crippen LogP contribution in [0.5, 0.6) is 0 Å². The molecule has 2 aromatic rings. The number of hydrogen-bond donors (Lipinski definition) is 2. The second kappa shape index (κ2) is 8.41. The summed E-state index contributed by atoms with van der Waals surface area (Å²) in [5, 5.41) is 10.2. The normalized spacial score (nSPS) is 15.2. The van der Waals surface area contributed by atoms with Crippen LogP contribution in [0.25, 0.3) is 0 Å². The number of benzene rings is 1. The van der Waals surface area contributed by atoms with Gasteiger partial charge in [0.15, 0.2) is 0 Å². The first-order valence-electron chi connectivity index (χ1n) is 9.71. The van der Waals surface area contributed by atoms with Gasteiger partial charge in [-0.2, -0.15) is 5.10 Å². The lowest BCUT2D eigenvalue weighted by atomic mass is 10.0. The van der Waals surface area contributed by atoms with Gasteiger partial charge in [0, 0.05) is 31.5 Å². The summed E-state index contributed by atoms with van der Waals surface area (Å²) >= 11 is 0. The second-order valence-corrected chi connectivity index (χ2v) is 7.67. The number of rotatable bonds is 6. The molecule has 7 heteroatoms. The van der Waals surface area contributed by atoms with Gasteiger partial charge in [-0.05, 0) is 49.8 Å². The van der Waals surface area contributed by atoms with Gasteiger partial charge in [-0.25, -0.2) is 9.78 Å². The van der Waals surface area contributed by atoms with Crippen molar-refractivity contribution < 1.29 is 4.79 Å². The second-order valence-electron chi connectivity index (χ2n) is 7.67. The van der Waals surface area contributed by atoms with Crippen molar-refractivity contribution in [2.24, 2.45) is 13.0 Å². The molecule has 0 aliphatic carbocycles. The number of aromatic nitrogens is 3. The molecule has 1 aromatic carbocycles. The van der Waals surface area contributed by atoms with Crippen molar-refractivity contribution in [2.75, 3.05) is 23.3 Å². The van der Waals surface area contributed by atoms with E-state index in [0.29, 0.717) is 5.92 Å². The average molecular weight is 371 g/mol. The monoisotopic (exact) mass is 370 g/mol. The van der Waals surface area contributed by atoms with Crippen LogP contribution in [0, 0.1) is 12.8 Å². The molecule has 1 fully saturated rings. The summed E-state index contributed by atoms with van der Waals surface area (Å²) in [5.41, 5.74) is 3.16. The van der Waals surface area contributed by atoms with Gasteiger partial charge in [0.1, 0.15) is 12.2 Å². The number of urea groups is 1. The summed E-state index contributed by atoms with van der Waals surface area (Å²) in [6.07, 6.45) is 4.77. The Morgan fingerprint density at radius 3 is 2.63 bits per heavy atom. The van der Waals surface area contributed by atoms with Crippen LogP contribution in [0.2, 0.25) is 0 Å². The van der Waals surface area contributed by atoms with Crippen molar-refractivity contribution >= 4 is 17.4 Å². The summed E-state index contributed by atoms with van der Waals surface area (Å²) in [4.78, 5) is 19.4. The van der Waals surface area contributed by atoms with Gasteiger partial charge in [0.2, 0.25) is 0 Å². The van der Waals surface area contributed by atoms with E-state index in [-0.39, 0.29) is 12.1 Å². The lowest BCUT2D eigenvalue weighted by Crippen LogP contribution is -2.35. The molecule has 0 saturated carbocycles. The zero-order chi connectivity index (χ0) is 19.4. The average Bonchev–Trinajstić information content (AvgIpc) is 3.27. The zero-order valence-corrected chi connectivity index (χ0v) is 16.7. The van der Waals surface area contributed by atoms with Gasteiger partial charge in [-0.15, -0.1) is 0 Å². The first kappa shape index (κ1) is 19.2. The lowest BCUT2D eigenvalue weighted by molar-refractivity contribution is 0.245. The van der Waals surface area contributed by atoms with Crippen molar-refractivity contribution in [2.45, 2.75) is 46.1 Å². The number of nitrogens with one attached hydrogen (secondary N) is 2. The van der Waals surface area contributed by atoms with Gasteiger partial charge in [-0.1, -0.05) is 19.9 Å². The van der Waals surface area contributed by atoms with E-state index in [1.165, 1.54) is 24.9 Å². The maximum Gasteiger partial charge on any atom is 0.319 e. The maximum atomic E-state index is 12.7. The fraction of sp³-hybridized carbons (Fsp3) is 0.550. The predicted octanol–water partition coefficient (Wildman–Crippen LogP) is 3.63. The fourth-order valence-corrected chi connectivity index (χ4v) is 3.70. The van der Waals surface area contributed by atoms with E-state index in [9.17, 15) is 4.79 Å². The van der Waals surface area contributed by atoms with E-state index in [2.05, 4.69) is 52.5 Å². The molecule has 1 atom stereocenters. The molecule has 2 amide bonds. The molecule has 3 rings (SSSR count). The van der Waals surface area contributed by atoms with Gasteiger partial charge < -0.3 is 15.5 Å². The first-order valence-corrected chi connectivity index (χ1v) is 9.71. The van der Waals surface area contributed by atoms with E-state index in [1.54, 1.807) is 4.68 Å². The van der Waals surface area contributed by atoms with Crippen LogP contribution >= 0.6 is 0 Å². The van der Waals surface area contributed by atoms with E-state index >= 15 is 0 Å². The number of aryl methyl sites for hydroxylation is 1. The first-order chi connectivity index (χ1) is 13.0. The Morgan fingerprint density at radius 2 is 2.00 bits per heavy atom. The molecule has 1 unspecified atom stereocenters. The van der Waals surface area contributed by atoms with Crippen molar-refractivity contribution in [1.29, 1.82) is 0 Å². The Hall–Kier alpha value is -2.57. The largest absolute Gasteiger partial charge is 0.371 e. The smallest absolute Gasteiger partial charge is 0.319 e. The number of hydrogen-bond acceptors (Lipinski definition) is 4.